The lowest BCUT2D eigenvalue weighted by atomic mass is 9.96. The summed E-state index contributed by atoms with van der Waals surface area (Å²) in [5, 5.41) is 7.05. The maximum Gasteiger partial charge on any atom is 0.337 e. The van der Waals surface area contributed by atoms with Crippen LogP contribution in [0, 0.1) is 20.8 Å². The average molecular weight is 568 g/mol. The van der Waals surface area contributed by atoms with E-state index in [2.05, 4.69) is 45.0 Å². The molecule has 0 radical (unpaired) electrons. The van der Waals surface area contributed by atoms with E-state index in [4.69, 9.17) is 17.0 Å². The Labute approximate surface area is 245 Å². The Morgan fingerprint density at radius 2 is 1.76 bits per heavy atom. The molecule has 210 valence electrons. The number of aryl methyl sites for hydroxylation is 2. The van der Waals surface area contributed by atoms with Crippen LogP contribution in [-0.2, 0) is 9.53 Å². The third-order valence-electron chi connectivity index (χ3n) is 7.45. The molecule has 2 aromatic heterocycles. The third-order valence-corrected chi connectivity index (χ3v) is 7.80. The molecule has 2 aromatic carbocycles. The number of benzene rings is 2. The van der Waals surface area contributed by atoms with Crippen molar-refractivity contribution in [3.8, 4) is 5.69 Å². The summed E-state index contributed by atoms with van der Waals surface area (Å²) in [6.07, 6.45) is 2.05. The maximum absolute atomic E-state index is 12.9. The molecule has 1 fully saturated rings. The Kier molecular flexibility index (Phi) is 8.16. The molecular formula is C32H33N5O3S. The summed E-state index contributed by atoms with van der Waals surface area (Å²) in [5.74, 6) is -0.447. The van der Waals surface area contributed by atoms with Gasteiger partial charge in [0.2, 0.25) is 5.91 Å². The summed E-state index contributed by atoms with van der Waals surface area (Å²) >= 11 is 5.82. The number of carbonyl (C=O) groups is 2. The Morgan fingerprint density at radius 3 is 2.41 bits per heavy atom. The molecule has 0 saturated carbocycles. The molecule has 2 atom stereocenters. The van der Waals surface area contributed by atoms with Crippen LogP contribution >= 0.6 is 12.2 Å². The molecule has 1 saturated heterocycles. The Hall–Kier alpha value is -4.50. The van der Waals surface area contributed by atoms with Gasteiger partial charge >= 0.3 is 5.97 Å². The van der Waals surface area contributed by atoms with Crippen molar-refractivity contribution in [1.82, 2.24) is 19.8 Å². The number of ether oxygens (including phenoxy) is 1. The highest BCUT2D eigenvalue weighted by atomic mass is 32.1. The molecule has 5 rings (SSSR count). The Bertz CT molecular complexity index is 1570. The van der Waals surface area contributed by atoms with Crippen molar-refractivity contribution in [3.05, 3.63) is 113 Å². The molecule has 0 unspecified atom stereocenters. The first kappa shape index (κ1) is 28.0. The molecule has 9 heteroatoms. The van der Waals surface area contributed by atoms with Crippen LogP contribution in [0.4, 0.5) is 5.69 Å². The standard InChI is InChI=1S/C32H33N5O3S/c1-20-8-12-24(13-9-20)34-28(38)16-18-36-30(29(35-32(36)41)27-7-5-6-17-33-27)26-19-21(2)37(22(26)3)25-14-10-23(11-15-25)31(39)40-4/h5-15,17,19,29-30H,16,18H2,1-4H3,(H,34,38)(H,35,41)/t29-,30-/m0/s1. The second kappa shape index (κ2) is 11.9. The minimum atomic E-state index is -0.371. The zero-order chi connectivity index (χ0) is 29.1. The van der Waals surface area contributed by atoms with Crippen molar-refractivity contribution in [1.29, 1.82) is 0 Å². The molecular weight excluding hydrogens is 534 g/mol. The molecule has 2 N–H and O–H groups in total. The van der Waals surface area contributed by atoms with Crippen molar-refractivity contribution in [2.75, 3.05) is 19.0 Å². The number of thiocarbonyl (C=S) groups is 1. The lowest BCUT2D eigenvalue weighted by Crippen LogP contribution is -2.32. The number of nitrogens with one attached hydrogen (secondary N) is 2. The quantitative estimate of drug-likeness (QED) is 0.212. The number of esters is 1. The summed E-state index contributed by atoms with van der Waals surface area (Å²) in [4.78, 5) is 31.6. The zero-order valence-corrected chi connectivity index (χ0v) is 24.4. The van der Waals surface area contributed by atoms with Crippen LogP contribution in [0.5, 0.6) is 0 Å². The molecule has 8 nitrogen and oxygen atoms in total. The van der Waals surface area contributed by atoms with Crippen molar-refractivity contribution < 1.29 is 14.3 Å². The molecule has 0 aliphatic carbocycles. The van der Waals surface area contributed by atoms with E-state index in [9.17, 15) is 9.59 Å². The minimum absolute atomic E-state index is 0.0761. The zero-order valence-electron chi connectivity index (χ0n) is 23.5. The van der Waals surface area contributed by atoms with Crippen LogP contribution < -0.4 is 10.6 Å². The predicted molar refractivity (Wildman–Crippen MR) is 163 cm³/mol. The number of hydrogen-bond acceptors (Lipinski definition) is 5. The van der Waals surface area contributed by atoms with Gasteiger partial charge in [-0.15, -0.1) is 0 Å². The largest absolute Gasteiger partial charge is 0.465 e. The first-order chi connectivity index (χ1) is 19.8. The van der Waals surface area contributed by atoms with E-state index in [1.165, 1.54) is 7.11 Å². The fourth-order valence-corrected chi connectivity index (χ4v) is 5.75. The summed E-state index contributed by atoms with van der Waals surface area (Å²) in [6.45, 7) is 6.59. The van der Waals surface area contributed by atoms with Crippen molar-refractivity contribution in [3.63, 3.8) is 0 Å². The minimum Gasteiger partial charge on any atom is -0.465 e. The van der Waals surface area contributed by atoms with Gasteiger partial charge in [0.25, 0.3) is 0 Å². The maximum atomic E-state index is 12.9. The highest BCUT2D eigenvalue weighted by Crippen LogP contribution is 2.41. The van der Waals surface area contributed by atoms with Crippen molar-refractivity contribution in [2.45, 2.75) is 39.3 Å². The highest BCUT2D eigenvalue weighted by molar-refractivity contribution is 7.80. The number of carbonyl (C=O) groups excluding carboxylic acids is 2. The van der Waals surface area contributed by atoms with Crippen LogP contribution in [0.3, 0.4) is 0 Å². The molecule has 1 aliphatic heterocycles. The van der Waals surface area contributed by atoms with Gasteiger partial charge in [0, 0.05) is 41.9 Å². The predicted octanol–water partition coefficient (Wildman–Crippen LogP) is 5.59. The van der Waals surface area contributed by atoms with Gasteiger partial charge < -0.3 is 24.8 Å². The molecule has 0 spiro atoms. The lowest BCUT2D eigenvalue weighted by molar-refractivity contribution is -0.116. The molecule has 41 heavy (non-hydrogen) atoms. The fraction of sp³-hybridized carbons (Fsp3) is 0.250. The number of amides is 1. The van der Waals surface area contributed by atoms with Crippen molar-refractivity contribution in [2.24, 2.45) is 0 Å². The Balaban J connectivity index is 1.45. The van der Waals surface area contributed by atoms with E-state index in [0.29, 0.717) is 17.2 Å². The number of anilines is 1. The second-order valence-electron chi connectivity index (χ2n) is 10.2. The van der Waals surface area contributed by atoms with E-state index in [0.717, 1.165) is 39.6 Å². The van der Waals surface area contributed by atoms with Crippen molar-refractivity contribution >= 4 is 34.9 Å². The van der Waals surface area contributed by atoms with Gasteiger partial charge in [0.05, 0.1) is 30.5 Å². The van der Waals surface area contributed by atoms with Gasteiger partial charge in [-0.1, -0.05) is 23.8 Å². The van der Waals surface area contributed by atoms with E-state index < -0.39 is 0 Å². The van der Waals surface area contributed by atoms with Gasteiger partial charge in [-0.25, -0.2) is 4.79 Å². The van der Waals surface area contributed by atoms with Gasteiger partial charge in [0.1, 0.15) is 0 Å². The van der Waals surface area contributed by atoms with E-state index >= 15 is 0 Å². The first-order valence-electron chi connectivity index (χ1n) is 13.5. The number of hydrogen-bond donors (Lipinski definition) is 2. The molecule has 4 aromatic rings. The van der Waals surface area contributed by atoms with Crippen LogP contribution in [0.25, 0.3) is 5.69 Å². The second-order valence-corrected chi connectivity index (χ2v) is 10.6. The molecule has 3 heterocycles. The van der Waals surface area contributed by atoms with Crippen LogP contribution in [-0.4, -0.2) is 45.1 Å². The number of methoxy groups -OCH3 is 1. The summed E-state index contributed by atoms with van der Waals surface area (Å²) in [7, 11) is 1.37. The van der Waals surface area contributed by atoms with Gasteiger partial charge in [-0.2, -0.15) is 0 Å². The topological polar surface area (TPSA) is 88.5 Å². The van der Waals surface area contributed by atoms with Gasteiger partial charge in [-0.05, 0) is 93.1 Å². The smallest absolute Gasteiger partial charge is 0.337 e. The summed E-state index contributed by atoms with van der Waals surface area (Å²) in [6, 6.07) is 22.8. The van der Waals surface area contributed by atoms with Crippen LogP contribution in [0.1, 0.15) is 57.1 Å². The van der Waals surface area contributed by atoms with Gasteiger partial charge in [-0.3, -0.25) is 9.78 Å². The monoisotopic (exact) mass is 567 g/mol. The lowest BCUT2D eigenvalue weighted by Gasteiger charge is -2.28. The first-order valence-corrected chi connectivity index (χ1v) is 13.9. The SMILES string of the molecule is COC(=O)c1ccc(-n2c(C)cc([C@H]3[C@H](c4ccccn4)NC(=S)N3CCC(=O)Nc3ccc(C)cc3)c2C)cc1. The Morgan fingerprint density at radius 1 is 1.02 bits per heavy atom. The third kappa shape index (κ3) is 5.85. The number of rotatable bonds is 8. The fourth-order valence-electron chi connectivity index (χ4n) is 5.42. The number of aromatic nitrogens is 2. The molecule has 1 aliphatic rings. The number of nitrogens with zero attached hydrogens (tertiary/aromatic N) is 3. The van der Waals surface area contributed by atoms with E-state index in [1.54, 1.807) is 18.3 Å². The van der Waals surface area contributed by atoms with Crippen LogP contribution in [0.2, 0.25) is 0 Å². The summed E-state index contributed by atoms with van der Waals surface area (Å²) < 4.78 is 7.01. The van der Waals surface area contributed by atoms with E-state index in [1.807, 2.05) is 61.5 Å². The number of pyridine rings is 1. The van der Waals surface area contributed by atoms with E-state index in [-0.39, 0.29) is 30.4 Å². The normalized spacial score (nSPS) is 16.4. The summed E-state index contributed by atoms with van der Waals surface area (Å²) in [5.41, 5.74) is 7.38. The molecule has 0 bridgehead atoms. The average Bonchev–Trinajstić information content (AvgIpc) is 3.47. The van der Waals surface area contributed by atoms with Crippen LogP contribution in [0.15, 0.2) is 79.0 Å². The highest BCUT2D eigenvalue weighted by Gasteiger charge is 2.41. The molecule has 1 amide bonds. The van der Waals surface area contributed by atoms with Gasteiger partial charge in [0.15, 0.2) is 5.11 Å².